The highest BCUT2D eigenvalue weighted by atomic mass is 16.5. The van der Waals surface area contributed by atoms with Gasteiger partial charge in [-0.25, -0.2) is 10.2 Å². The van der Waals surface area contributed by atoms with Gasteiger partial charge in [0, 0.05) is 6.54 Å². The minimum absolute atomic E-state index is 0.384. The van der Waals surface area contributed by atoms with Gasteiger partial charge in [-0.1, -0.05) is 65.9 Å². The Balaban J connectivity index is 1.38. The Morgan fingerprint density at radius 1 is 0.929 bits per heavy atom. The number of nitrogens with one attached hydrogen (secondary N) is 2. The number of nitrogens with zero attached hydrogens (tertiary/aromatic N) is 2. The highest BCUT2D eigenvalue weighted by Gasteiger charge is 2.07. The minimum Gasteiger partial charge on any atom is -0.495 e. The van der Waals surface area contributed by atoms with E-state index in [2.05, 4.69) is 33.2 Å². The summed E-state index contributed by atoms with van der Waals surface area (Å²) in [7, 11) is 0. The van der Waals surface area contributed by atoms with Crippen LogP contribution in [-0.4, -0.2) is 19.2 Å². The molecule has 0 aliphatic carbocycles. The number of ether oxygens (including phenoxy) is 1. The SMILES string of the molecule is O=C(NCCc1ccccc1)NN=NC1=COCC(CCc2ccccc2)=C1. The molecule has 2 N–H and O–H groups in total. The summed E-state index contributed by atoms with van der Waals surface area (Å²) in [6.45, 7) is 1.08. The first-order chi connectivity index (χ1) is 13.8. The maximum Gasteiger partial charge on any atom is 0.336 e. The fourth-order valence-electron chi connectivity index (χ4n) is 2.80. The summed E-state index contributed by atoms with van der Waals surface area (Å²) >= 11 is 0. The van der Waals surface area contributed by atoms with E-state index in [9.17, 15) is 4.79 Å². The molecule has 0 bridgehead atoms. The van der Waals surface area contributed by atoms with E-state index < -0.39 is 0 Å². The third-order valence-corrected chi connectivity index (χ3v) is 4.26. The number of aryl methyl sites for hydroxylation is 1. The molecule has 3 rings (SSSR count). The zero-order valence-corrected chi connectivity index (χ0v) is 15.7. The molecule has 0 atom stereocenters. The van der Waals surface area contributed by atoms with Crippen LogP contribution in [0.3, 0.4) is 0 Å². The maximum absolute atomic E-state index is 11.8. The Labute approximate surface area is 165 Å². The molecule has 28 heavy (non-hydrogen) atoms. The lowest BCUT2D eigenvalue weighted by atomic mass is 10.0. The largest absolute Gasteiger partial charge is 0.495 e. The first-order valence-corrected chi connectivity index (χ1v) is 9.33. The van der Waals surface area contributed by atoms with Crippen molar-refractivity contribution in [2.24, 2.45) is 10.3 Å². The summed E-state index contributed by atoms with van der Waals surface area (Å²) in [5.41, 5.74) is 6.56. The summed E-state index contributed by atoms with van der Waals surface area (Å²) in [4.78, 5) is 11.8. The number of hydrogen-bond acceptors (Lipinski definition) is 4. The van der Waals surface area contributed by atoms with Crippen LogP contribution in [0.1, 0.15) is 17.5 Å². The Morgan fingerprint density at radius 3 is 2.32 bits per heavy atom. The molecule has 2 aromatic rings. The molecule has 0 aromatic heterocycles. The predicted octanol–water partition coefficient (Wildman–Crippen LogP) is 4.33. The molecular weight excluding hydrogens is 352 g/mol. The average molecular weight is 376 g/mol. The van der Waals surface area contributed by atoms with Crippen LogP contribution in [0, 0.1) is 0 Å². The van der Waals surface area contributed by atoms with Crippen LogP contribution in [0.5, 0.6) is 0 Å². The lowest BCUT2D eigenvalue weighted by molar-refractivity contribution is 0.240. The molecule has 2 amide bonds. The van der Waals surface area contributed by atoms with Crippen molar-refractivity contribution < 1.29 is 9.53 Å². The summed E-state index contributed by atoms with van der Waals surface area (Å²) in [5.74, 6) is 0. The van der Waals surface area contributed by atoms with Crippen molar-refractivity contribution in [2.45, 2.75) is 19.3 Å². The van der Waals surface area contributed by atoms with E-state index in [0.29, 0.717) is 18.8 Å². The number of carbonyl (C=O) groups is 1. The highest BCUT2D eigenvalue weighted by Crippen LogP contribution is 2.17. The van der Waals surface area contributed by atoms with Crippen LogP contribution in [-0.2, 0) is 17.6 Å². The molecule has 0 spiro atoms. The normalized spacial score (nSPS) is 13.4. The average Bonchev–Trinajstić information content (AvgIpc) is 2.74. The molecule has 0 saturated heterocycles. The molecule has 6 nitrogen and oxygen atoms in total. The number of carbonyl (C=O) groups excluding carboxylic acids is 1. The van der Waals surface area contributed by atoms with Crippen molar-refractivity contribution in [3.63, 3.8) is 0 Å². The lowest BCUT2D eigenvalue weighted by Gasteiger charge is -2.12. The van der Waals surface area contributed by atoms with Crippen molar-refractivity contribution in [3.05, 3.63) is 95.4 Å². The van der Waals surface area contributed by atoms with Crippen molar-refractivity contribution in [2.75, 3.05) is 13.2 Å². The van der Waals surface area contributed by atoms with Crippen molar-refractivity contribution in [1.29, 1.82) is 0 Å². The maximum atomic E-state index is 11.8. The molecule has 0 unspecified atom stereocenters. The van der Waals surface area contributed by atoms with E-state index in [1.165, 1.54) is 11.1 Å². The zero-order valence-electron chi connectivity index (χ0n) is 15.7. The van der Waals surface area contributed by atoms with E-state index in [4.69, 9.17) is 4.74 Å². The third-order valence-electron chi connectivity index (χ3n) is 4.26. The van der Waals surface area contributed by atoms with Gasteiger partial charge < -0.3 is 10.1 Å². The summed E-state index contributed by atoms with van der Waals surface area (Å²) < 4.78 is 5.44. The number of amides is 2. The first-order valence-electron chi connectivity index (χ1n) is 9.33. The van der Waals surface area contributed by atoms with Gasteiger partial charge in [-0.05, 0) is 42.0 Å². The molecule has 1 heterocycles. The van der Waals surface area contributed by atoms with Gasteiger partial charge in [-0.3, -0.25) is 0 Å². The van der Waals surface area contributed by atoms with Gasteiger partial charge in [0.15, 0.2) is 0 Å². The van der Waals surface area contributed by atoms with Crippen LogP contribution in [0.25, 0.3) is 0 Å². The van der Waals surface area contributed by atoms with Gasteiger partial charge in [0.1, 0.15) is 18.6 Å². The van der Waals surface area contributed by atoms with E-state index >= 15 is 0 Å². The first kappa shape index (κ1) is 19.4. The minimum atomic E-state index is -0.384. The Bertz CT molecular complexity index is 845. The predicted molar refractivity (Wildman–Crippen MR) is 108 cm³/mol. The van der Waals surface area contributed by atoms with Crippen LogP contribution >= 0.6 is 0 Å². The van der Waals surface area contributed by atoms with E-state index in [-0.39, 0.29) is 6.03 Å². The molecular formula is C22H24N4O2. The summed E-state index contributed by atoms with van der Waals surface area (Å²) in [5, 5.41) is 10.5. The summed E-state index contributed by atoms with van der Waals surface area (Å²) in [6, 6.07) is 19.9. The number of urea groups is 1. The van der Waals surface area contributed by atoms with E-state index in [0.717, 1.165) is 24.8 Å². The summed E-state index contributed by atoms with van der Waals surface area (Å²) in [6.07, 6.45) is 6.10. The molecule has 0 radical (unpaired) electrons. The number of benzene rings is 2. The Kier molecular flexibility index (Phi) is 7.37. The molecule has 1 aliphatic rings. The van der Waals surface area contributed by atoms with Crippen molar-refractivity contribution in [1.82, 2.24) is 10.7 Å². The zero-order chi connectivity index (χ0) is 19.4. The van der Waals surface area contributed by atoms with E-state index in [1.807, 2.05) is 54.6 Å². The standard InChI is InChI=1S/C22H24N4O2/c27-22(23-14-13-19-9-5-2-6-10-19)25-26-24-21-15-20(16-28-17-21)12-11-18-7-3-1-4-8-18/h1-10,15,17H,11-14,16H2,(H2,23,24,25,27). The van der Waals surface area contributed by atoms with Gasteiger partial charge in [0.25, 0.3) is 0 Å². The van der Waals surface area contributed by atoms with Crippen LogP contribution in [0.15, 0.2) is 94.6 Å². The Morgan fingerprint density at radius 2 is 1.61 bits per heavy atom. The van der Waals surface area contributed by atoms with Crippen LogP contribution < -0.4 is 10.7 Å². The molecule has 0 fully saturated rings. The quantitative estimate of drug-likeness (QED) is 0.532. The van der Waals surface area contributed by atoms with Crippen LogP contribution in [0.4, 0.5) is 4.79 Å². The molecule has 2 aromatic carbocycles. The monoisotopic (exact) mass is 376 g/mol. The second-order valence-corrected chi connectivity index (χ2v) is 6.45. The number of rotatable bonds is 8. The lowest BCUT2D eigenvalue weighted by Crippen LogP contribution is -2.33. The van der Waals surface area contributed by atoms with Gasteiger partial charge in [0.05, 0.1) is 0 Å². The number of hydrogen-bond donors (Lipinski definition) is 2. The fourth-order valence-corrected chi connectivity index (χ4v) is 2.80. The van der Waals surface area contributed by atoms with Crippen LogP contribution in [0.2, 0.25) is 0 Å². The fraction of sp³-hybridized carbons (Fsp3) is 0.227. The highest BCUT2D eigenvalue weighted by molar-refractivity contribution is 5.73. The second-order valence-electron chi connectivity index (χ2n) is 6.45. The topological polar surface area (TPSA) is 75.1 Å². The second kappa shape index (κ2) is 10.7. The van der Waals surface area contributed by atoms with E-state index in [1.54, 1.807) is 6.26 Å². The Hall–Kier alpha value is -3.41. The molecule has 144 valence electrons. The molecule has 6 heteroatoms. The van der Waals surface area contributed by atoms with Crippen molar-refractivity contribution >= 4 is 6.03 Å². The molecule has 0 saturated carbocycles. The number of allylic oxidation sites excluding steroid dienone is 1. The van der Waals surface area contributed by atoms with Gasteiger partial charge in [-0.2, -0.15) is 0 Å². The van der Waals surface area contributed by atoms with Crippen molar-refractivity contribution in [3.8, 4) is 0 Å². The third kappa shape index (κ3) is 6.72. The van der Waals surface area contributed by atoms with Gasteiger partial charge >= 0.3 is 6.03 Å². The van der Waals surface area contributed by atoms with Gasteiger partial charge in [-0.15, -0.1) is 5.11 Å². The smallest absolute Gasteiger partial charge is 0.336 e. The molecule has 1 aliphatic heterocycles. The van der Waals surface area contributed by atoms with Gasteiger partial charge in [0.2, 0.25) is 0 Å².